The number of ether oxygens (including phenoxy) is 1. The molecule has 0 unspecified atom stereocenters. The Morgan fingerprint density at radius 3 is 2.80 bits per heavy atom. The number of sulfonamides is 1. The number of anilines is 1. The van der Waals surface area contributed by atoms with Gasteiger partial charge in [0.1, 0.15) is 0 Å². The summed E-state index contributed by atoms with van der Waals surface area (Å²) < 4.78 is 31.2. The molecule has 1 aromatic heterocycles. The van der Waals surface area contributed by atoms with Crippen LogP contribution < -0.4 is 4.72 Å². The average molecular weight is 341 g/mol. The zero-order chi connectivity index (χ0) is 15.2. The van der Waals surface area contributed by atoms with Crippen LogP contribution in [-0.4, -0.2) is 53.9 Å². The number of nitrogens with zero attached hydrogens (tertiary/aromatic N) is 2. The predicted molar refractivity (Wildman–Crippen MR) is 76.8 cm³/mol. The maximum Gasteiger partial charge on any atom is 0.313 e. The Morgan fingerprint density at radius 2 is 2.20 bits per heavy atom. The summed E-state index contributed by atoms with van der Waals surface area (Å²) in [7, 11) is -3.54. The molecule has 0 amide bonds. The number of thioether (sulfide) groups is 1. The van der Waals surface area contributed by atoms with Gasteiger partial charge in [0.2, 0.25) is 15.2 Å². The molecule has 20 heavy (non-hydrogen) atoms. The Labute approximate surface area is 125 Å². The number of aliphatic carboxylic acids is 1. The Balaban J connectivity index is 2.48. The highest BCUT2D eigenvalue weighted by molar-refractivity contribution is 8.01. The summed E-state index contributed by atoms with van der Waals surface area (Å²) in [6.07, 6.45) is -0.0363. The van der Waals surface area contributed by atoms with E-state index in [1.807, 2.05) is 13.8 Å². The van der Waals surface area contributed by atoms with Gasteiger partial charge < -0.3 is 9.84 Å². The average Bonchev–Trinajstić information content (AvgIpc) is 2.72. The second kappa shape index (κ2) is 7.76. The van der Waals surface area contributed by atoms with E-state index >= 15 is 0 Å². The van der Waals surface area contributed by atoms with Crippen LogP contribution >= 0.6 is 23.1 Å². The maximum absolute atomic E-state index is 11.7. The van der Waals surface area contributed by atoms with Gasteiger partial charge in [-0.05, 0) is 13.8 Å². The van der Waals surface area contributed by atoms with Crippen molar-refractivity contribution in [2.45, 2.75) is 24.3 Å². The van der Waals surface area contributed by atoms with E-state index in [1.54, 1.807) is 0 Å². The van der Waals surface area contributed by atoms with Crippen LogP contribution in [0.25, 0.3) is 0 Å². The molecule has 0 atom stereocenters. The lowest BCUT2D eigenvalue weighted by Gasteiger charge is -2.07. The molecule has 0 aromatic carbocycles. The van der Waals surface area contributed by atoms with Crippen LogP contribution in [-0.2, 0) is 19.6 Å². The van der Waals surface area contributed by atoms with E-state index in [1.165, 1.54) is 0 Å². The Morgan fingerprint density at radius 1 is 1.50 bits per heavy atom. The number of carboxylic acids is 1. The fourth-order valence-corrected chi connectivity index (χ4v) is 3.61. The van der Waals surface area contributed by atoms with Crippen LogP contribution in [0.4, 0.5) is 5.13 Å². The Bertz CT molecular complexity index is 543. The van der Waals surface area contributed by atoms with Crippen LogP contribution in [0.15, 0.2) is 4.34 Å². The normalized spacial score (nSPS) is 11.8. The van der Waals surface area contributed by atoms with Crippen molar-refractivity contribution in [3.8, 4) is 0 Å². The van der Waals surface area contributed by atoms with Gasteiger partial charge >= 0.3 is 5.97 Å². The Hall–Kier alpha value is -0.910. The third kappa shape index (κ3) is 7.03. The number of carboxylic acid groups (broad SMARTS) is 1. The zero-order valence-corrected chi connectivity index (χ0v) is 13.3. The van der Waals surface area contributed by atoms with E-state index < -0.39 is 16.0 Å². The molecule has 8 nitrogen and oxygen atoms in total. The molecule has 1 heterocycles. The fourth-order valence-electron chi connectivity index (χ4n) is 1.01. The van der Waals surface area contributed by atoms with Gasteiger partial charge in [-0.1, -0.05) is 23.1 Å². The Kier molecular flexibility index (Phi) is 6.65. The largest absolute Gasteiger partial charge is 0.481 e. The third-order valence-electron chi connectivity index (χ3n) is 1.77. The summed E-state index contributed by atoms with van der Waals surface area (Å²) in [4.78, 5) is 10.4. The zero-order valence-electron chi connectivity index (χ0n) is 10.9. The second-order valence-electron chi connectivity index (χ2n) is 3.90. The molecule has 0 spiro atoms. The van der Waals surface area contributed by atoms with Gasteiger partial charge in [-0.25, -0.2) is 8.42 Å². The molecule has 2 N–H and O–H groups in total. The predicted octanol–water partition coefficient (Wildman–Crippen LogP) is 0.881. The molecule has 0 saturated carbocycles. The van der Waals surface area contributed by atoms with Gasteiger partial charge in [-0.2, -0.15) is 0 Å². The molecule has 0 aliphatic carbocycles. The van der Waals surface area contributed by atoms with E-state index in [0.717, 1.165) is 23.1 Å². The maximum atomic E-state index is 11.7. The smallest absolute Gasteiger partial charge is 0.313 e. The minimum atomic E-state index is -3.54. The van der Waals surface area contributed by atoms with E-state index in [-0.39, 0.29) is 29.3 Å². The molecule has 1 aromatic rings. The minimum Gasteiger partial charge on any atom is -0.481 e. The first-order chi connectivity index (χ1) is 9.28. The van der Waals surface area contributed by atoms with Crippen LogP contribution in [0.5, 0.6) is 0 Å². The van der Waals surface area contributed by atoms with Gasteiger partial charge in [-0.15, -0.1) is 10.2 Å². The van der Waals surface area contributed by atoms with Crippen molar-refractivity contribution in [3.05, 3.63) is 0 Å². The SMILES string of the molecule is CC(C)OCCS(=O)(=O)Nc1nnc(SCC(=O)O)s1. The highest BCUT2D eigenvalue weighted by Crippen LogP contribution is 2.25. The van der Waals surface area contributed by atoms with Crippen molar-refractivity contribution >= 4 is 44.2 Å². The minimum absolute atomic E-state index is 0.0363. The topological polar surface area (TPSA) is 118 Å². The molecule has 0 fully saturated rings. The van der Waals surface area contributed by atoms with E-state index in [4.69, 9.17) is 9.84 Å². The molecule has 1 rings (SSSR count). The van der Waals surface area contributed by atoms with Crippen molar-refractivity contribution in [3.63, 3.8) is 0 Å². The third-order valence-corrected chi connectivity index (χ3v) is 5.07. The quantitative estimate of drug-likeness (QED) is 0.635. The summed E-state index contributed by atoms with van der Waals surface area (Å²) in [5.41, 5.74) is 0. The van der Waals surface area contributed by atoms with E-state index in [0.29, 0.717) is 4.34 Å². The van der Waals surface area contributed by atoms with Crippen molar-refractivity contribution in [1.82, 2.24) is 10.2 Å². The number of hydrogen-bond donors (Lipinski definition) is 2. The van der Waals surface area contributed by atoms with Crippen molar-refractivity contribution in [2.24, 2.45) is 0 Å². The van der Waals surface area contributed by atoms with Crippen LogP contribution in [0.1, 0.15) is 13.8 Å². The van der Waals surface area contributed by atoms with Crippen LogP contribution in [0, 0.1) is 0 Å². The van der Waals surface area contributed by atoms with Crippen molar-refractivity contribution in [1.29, 1.82) is 0 Å². The van der Waals surface area contributed by atoms with Crippen molar-refractivity contribution in [2.75, 3.05) is 22.8 Å². The summed E-state index contributed by atoms with van der Waals surface area (Å²) in [6.45, 7) is 3.72. The molecule has 0 saturated heterocycles. The van der Waals surface area contributed by atoms with Gasteiger partial charge in [-0.3, -0.25) is 9.52 Å². The monoisotopic (exact) mass is 341 g/mol. The lowest BCUT2D eigenvalue weighted by atomic mass is 10.5. The van der Waals surface area contributed by atoms with E-state index in [9.17, 15) is 13.2 Å². The first kappa shape index (κ1) is 17.1. The van der Waals surface area contributed by atoms with Gasteiger partial charge in [0, 0.05) is 0 Å². The summed E-state index contributed by atoms with van der Waals surface area (Å²) in [5, 5.41) is 16.0. The number of rotatable bonds is 9. The van der Waals surface area contributed by atoms with Crippen LogP contribution in [0.2, 0.25) is 0 Å². The van der Waals surface area contributed by atoms with Gasteiger partial charge in [0.15, 0.2) is 4.34 Å². The summed E-state index contributed by atoms with van der Waals surface area (Å²) in [6, 6.07) is 0. The molecular formula is C9H15N3O5S3. The standard InChI is InChI=1S/C9H15N3O5S3/c1-6(2)17-3-4-20(15,16)12-8-10-11-9(19-8)18-5-7(13)14/h6H,3-5H2,1-2H3,(H,10,12)(H,13,14). The number of aromatic nitrogens is 2. The lowest BCUT2D eigenvalue weighted by Crippen LogP contribution is -2.21. The molecule has 0 radical (unpaired) electrons. The highest BCUT2D eigenvalue weighted by atomic mass is 32.2. The molecule has 0 aliphatic rings. The first-order valence-corrected chi connectivity index (χ1v) is 9.04. The number of hydrogen-bond acceptors (Lipinski definition) is 8. The van der Waals surface area contributed by atoms with Crippen molar-refractivity contribution < 1.29 is 23.1 Å². The number of carbonyl (C=O) groups is 1. The fraction of sp³-hybridized carbons (Fsp3) is 0.667. The molecule has 114 valence electrons. The molecule has 0 bridgehead atoms. The summed E-state index contributed by atoms with van der Waals surface area (Å²) in [5.74, 6) is -1.30. The summed E-state index contributed by atoms with van der Waals surface area (Å²) >= 11 is 1.97. The van der Waals surface area contributed by atoms with E-state index in [2.05, 4.69) is 14.9 Å². The van der Waals surface area contributed by atoms with Gasteiger partial charge in [0.25, 0.3) is 0 Å². The second-order valence-corrected chi connectivity index (χ2v) is 7.94. The van der Waals surface area contributed by atoms with Crippen LogP contribution in [0.3, 0.4) is 0 Å². The lowest BCUT2D eigenvalue weighted by molar-refractivity contribution is -0.133. The van der Waals surface area contributed by atoms with Gasteiger partial charge in [0.05, 0.1) is 24.2 Å². The molecule has 11 heteroatoms. The molecular weight excluding hydrogens is 326 g/mol. The molecule has 0 aliphatic heterocycles. The number of nitrogens with one attached hydrogen (secondary N) is 1. The highest BCUT2D eigenvalue weighted by Gasteiger charge is 2.15. The first-order valence-electron chi connectivity index (χ1n) is 5.58.